The average Bonchev–Trinajstić information content (AvgIpc) is 2.75. The zero-order valence-corrected chi connectivity index (χ0v) is 12.8. The molecule has 0 aliphatic carbocycles. The first-order chi connectivity index (χ1) is 9.33. The molecule has 0 radical (unpaired) electrons. The molecule has 1 aromatic carbocycles. The van der Waals surface area contributed by atoms with Crippen LogP contribution in [0.2, 0.25) is 5.02 Å². The van der Waals surface area contributed by atoms with Crippen molar-refractivity contribution in [1.29, 1.82) is 0 Å². The third-order valence-corrected chi connectivity index (χ3v) is 4.67. The fraction of sp³-hybridized carbons (Fsp3) is 0.467. The summed E-state index contributed by atoms with van der Waals surface area (Å²) < 4.78 is 6.76. The molecule has 2 rings (SSSR count). The maximum atomic E-state index is 6.38. The molecule has 0 saturated carbocycles. The van der Waals surface area contributed by atoms with Crippen LogP contribution in [0, 0.1) is 0 Å². The molecule has 0 amide bonds. The van der Waals surface area contributed by atoms with Crippen molar-refractivity contribution in [3.63, 3.8) is 0 Å². The number of hydrogen-bond acceptors (Lipinski definition) is 3. The molecule has 104 valence electrons. The molecule has 19 heavy (non-hydrogen) atoms. The molecule has 2 nitrogen and oxygen atoms in total. The summed E-state index contributed by atoms with van der Waals surface area (Å²) in [7, 11) is 0. The van der Waals surface area contributed by atoms with E-state index in [2.05, 4.69) is 24.4 Å². The summed E-state index contributed by atoms with van der Waals surface area (Å²) in [5.41, 5.74) is 0. The van der Waals surface area contributed by atoms with Gasteiger partial charge in [0, 0.05) is 34.7 Å². The van der Waals surface area contributed by atoms with E-state index in [4.69, 9.17) is 16.3 Å². The topological polar surface area (TPSA) is 21.3 Å². The standard InChI is InChI=1S/C15H20ClNOS/c1-2-3-9-18-10-8-17-11-14-15(16)12-6-4-5-7-13(12)19-14/h4-7,17H,2-3,8-11H2,1H3. The van der Waals surface area contributed by atoms with E-state index in [0.717, 1.165) is 43.1 Å². The summed E-state index contributed by atoms with van der Waals surface area (Å²) in [6.07, 6.45) is 2.33. The van der Waals surface area contributed by atoms with E-state index in [1.807, 2.05) is 12.1 Å². The van der Waals surface area contributed by atoms with Crippen LogP contribution in [-0.4, -0.2) is 19.8 Å². The number of hydrogen-bond donors (Lipinski definition) is 1. The summed E-state index contributed by atoms with van der Waals surface area (Å²) in [5, 5.41) is 5.43. The zero-order valence-electron chi connectivity index (χ0n) is 11.2. The Balaban J connectivity index is 1.77. The van der Waals surface area contributed by atoms with E-state index >= 15 is 0 Å². The summed E-state index contributed by atoms with van der Waals surface area (Å²) in [6, 6.07) is 8.27. The van der Waals surface area contributed by atoms with Crippen LogP contribution < -0.4 is 5.32 Å². The molecule has 0 unspecified atom stereocenters. The lowest BCUT2D eigenvalue weighted by Crippen LogP contribution is -2.19. The van der Waals surface area contributed by atoms with E-state index in [1.165, 1.54) is 16.0 Å². The Morgan fingerprint density at radius 3 is 2.89 bits per heavy atom. The van der Waals surface area contributed by atoms with E-state index < -0.39 is 0 Å². The first-order valence-electron chi connectivity index (χ1n) is 6.77. The molecule has 0 fully saturated rings. The van der Waals surface area contributed by atoms with Crippen LogP contribution in [0.4, 0.5) is 0 Å². The van der Waals surface area contributed by atoms with Crippen LogP contribution >= 0.6 is 22.9 Å². The van der Waals surface area contributed by atoms with Crippen LogP contribution in [-0.2, 0) is 11.3 Å². The molecular weight excluding hydrogens is 278 g/mol. The number of halogens is 1. The fourth-order valence-corrected chi connectivity index (χ4v) is 3.34. The van der Waals surface area contributed by atoms with Gasteiger partial charge in [-0.1, -0.05) is 43.1 Å². The summed E-state index contributed by atoms with van der Waals surface area (Å²) in [5.74, 6) is 0. The van der Waals surface area contributed by atoms with E-state index in [9.17, 15) is 0 Å². The normalized spacial score (nSPS) is 11.3. The van der Waals surface area contributed by atoms with Crippen molar-refractivity contribution >= 4 is 33.0 Å². The van der Waals surface area contributed by atoms with Gasteiger partial charge in [-0.3, -0.25) is 0 Å². The SMILES string of the molecule is CCCCOCCNCc1sc2ccccc2c1Cl. The van der Waals surface area contributed by atoms with Crippen molar-refractivity contribution in [2.24, 2.45) is 0 Å². The predicted molar refractivity (Wildman–Crippen MR) is 84.3 cm³/mol. The second-order valence-corrected chi connectivity index (χ2v) is 5.99. The Labute approximate surface area is 123 Å². The highest BCUT2D eigenvalue weighted by molar-refractivity contribution is 7.19. The maximum Gasteiger partial charge on any atom is 0.0636 e. The molecule has 0 spiro atoms. The average molecular weight is 298 g/mol. The minimum absolute atomic E-state index is 0.766. The molecule has 1 heterocycles. The molecule has 2 aromatic rings. The Morgan fingerprint density at radius 1 is 1.26 bits per heavy atom. The van der Waals surface area contributed by atoms with E-state index in [0.29, 0.717) is 0 Å². The molecule has 0 aliphatic rings. The monoisotopic (exact) mass is 297 g/mol. The predicted octanol–water partition coefficient (Wildman–Crippen LogP) is 4.46. The molecule has 1 aromatic heterocycles. The fourth-order valence-electron chi connectivity index (χ4n) is 1.87. The van der Waals surface area contributed by atoms with Gasteiger partial charge in [0.05, 0.1) is 11.6 Å². The number of unbranched alkanes of at least 4 members (excludes halogenated alkanes) is 1. The first-order valence-corrected chi connectivity index (χ1v) is 7.96. The molecule has 0 atom stereocenters. The Hall–Kier alpha value is -0.610. The number of nitrogens with one attached hydrogen (secondary N) is 1. The zero-order chi connectivity index (χ0) is 13.5. The second-order valence-electron chi connectivity index (χ2n) is 4.48. The Kier molecular flexibility index (Phi) is 6.11. The minimum atomic E-state index is 0.766. The molecular formula is C15H20ClNOS. The number of fused-ring (bicyclic) bond motifs is 1. The largest absolute Gasteiger partial charge is 0.380 e. The highest BCUT2D eigenvalue weighted by Crippen LogP contribution is 2.34. The van der Waals surface area contributed by atoms with Crippen molar-refractivity contribution in [3.8, 4) is 0 Å². The van der Waals surface area contributed by atoms with Crippen molar-refractivity contribution < 1.29 is 4.74 Å². The molecule has 0 bridgehead atoms. The number of rotatable bonds is 8. The third kappa shape index (κ3) is 4.18. The lowest BCUT2D eigenvalue weighted by molar-refractivity contribution is 0.133. The quantitative estimate of drug-likeness (QED) is 0.726. The van der Waals surface area contributed by atoms with Gasteiger partial charge in [0.1, 0.15) is 0 Å². The van der Waals surface area contributed by atoms with Crippen molar-refractivity contribution in [3.05, 3.63) is 34.2 Å². The molecule has 4 heteroatoms. The minimum Gasteiger partial charge on any atom is -0.380 e. The maximum absolute atomic E-state index is 6.38. The Morgan fingerprint density at radius 2 is 2.11 bits per heavy atom. The van der Waals surface area contributed by atoms with Crippen LogP contribution in [0.1, 0.15) is 24.6 Å². The van der Waals surface area contributed by atoms with Gasteiger partial charge >= 0.3 is 0 Å². The first kappa shape index (κ1) is 14.8. The highest BCUT2D eigenvalue weighted by Gasteiger charge is 2.08. The second kappa shape index (κ2) is 7.85. The van der Waals surface area contributed by atoms with Gasteiger partial charge < -0.3 is 10.1 Å². The summed E-state index contributed by atoms with van der Waals surface area (Å²) in [4.78, 5) is 1.21. The van der Waals surface area contributed by atoms with Gasteiger partial charge in [0.15, 0.2) is 0 Å². The summed E-state index contributed by atoms with van der Waals surface area (Å²) in [6.45, 7) is 5.49. The van der Waals surface area contributed by atoms with Gasteiger partial charge in [-0.2, -0.15) is 0 Å². The lowest BCUT2D eigenvalue weighted by Gasteiger charge is -2.04. The third-order valence-electron chi connectivity index (χ3n) is 2.95. The van der Waals surface area contributed by atoms with Crippen LogP contribution in [0.5, 0.6) is 0 Å². The van der Waals surface area contributed by atoms with Crippen LogP contribution in [0.25, 0.3) is 10.1 Å². The van der Waals surface area contributed by atoms with Gasteiger partial charge in [0.2, 0.25) is 0 Å². The van der Waals surface area contributed by atoms with Gasteiger partial charge in [-0.25, -0.2) is 0 Å². The highest BCUT2D eigenvalue weighted by atomic mass is 35.5. The van der Waals surface area contributed by atoms with Crippen LogP contribution in [0.3, 0.4) is 0 Å². The van der Waals surface area contributed by atoms with Gasteiger partial charge in [0.25, 0.3) is 0 Å². The van der Waals surface area contributed by atoms with Crippen molar-refractivity contribution in [1.82, 2.24) is 5.32 Å². The van der Waals surface area contributed by atoms with E-state index in [-0.39, 0.29) is 0 Å². The molecule has 1 N–H and O–H groups in total. The van der Waals surface area contributed by atoms with Gasteiger partial charge in [-0.05, 0) is 12.5 Å². The number of benzene rings is 1. The van der Waals surface area contributed by atoms with Crippen LogP contribution in [0.15, 0.2) is 24.3 Å². The summed E-state index contributed by atoms with van der Waals surface area (Å²) >= 11 is 8.14. The van der Waals surface area contributed by atoms with Gasteiger partial charge in [-0.15, -0.1) is 11.3 Å². The molecule has 0 aliphatic heterocycles. The van der Waals surface area contributed by atoms with Crippen molar-refractivity contribution in [2.75, 3.05) is 19.8 Å². The van der Waals surface area contributed by atoms with Crippen molar-refractivity contribution in [2.45, 2.75) is 26.3 Å². The number of thiophene rings is 1. The Bertz CT molecular complexity index is 512. The van der Waals surface area contributed by atoms with E-state index in [1.54, 1.807) is 11.3 Å². The smallest absolute Gasteiger partial charge is 0.0636 e. The number of ether oxygens (including phenoxy) is 1. The molecule has 0 saturated heterocycles. The lowest BCUT2D eigenvalue weighted by atomic mass is 10.2.